The smallest absolute Gasteiger partial charge is 0.207 e. The number of amides is 1. The summed E-state index contributed by atoms with van der Waals surface area (Å²) in [5.41, 5.74) is 0.305. The molecule has 0 fully saturated rings. The van der Waals surface area contributed by atoms with Crippen LogP contribution in [0.15, 0.2) is 11.8 Å². The van der Waals surface area contributed by atoms with Crippen LogP contribution in [0.5, 0.6) is 0 Å². The van der Waals surface area contributed by atoms with Crippen molar-refractivity contribution < 1.29 is 9.59 Å². The molecule has 0 saturated carbocycles. The Morgan fingerprint density at radius 1 is 1.58 bits per heavy atom. The van der Waals surface area contributed by atoms with Gasteiger partial charge in [0.25, 0.3) is 0 Å². The highest BCUT2D eigenvalue weighted by molar-refractivity contribution is 5.99. The fourth-order valence-electron chi connectivity index (χ4n) is 0.629. The number of rotatable bonds is 6. The fraction of sp³-hybridized carbons (Fsp3) is 0.286. The van der Waals surface area contributed by atoms with Gasteiger partial charge in [0.05, 0.1) is 12.2 Å². The van der Waals surface area contributed by atoms with Crippen molar-refractivity contribution in [3.05, 3.63) is 11.8 Å². The molecule has 5 heteroatoms. The Hall–Kier alpha value is -1.65. The molecule has 0 aliphatic carbocycles. The first kappa shape index (κ1) is 10.3. The highest BCUT2D eigenvalue weighted by Gasteiger charge is 2.04. The maximum atomic E-state index is 11.1. The van der Waals surface area contributed by atoms with E-state index >= 15 is 0 Å². The molecule has 0 radical (unpaired) electrons. The summed E-state index contributed by atoms with van der Waals surface area (Å²) >= 11 is 0. The maximum absolute atomic E-state index is 11.1. The largest absolute Gasteiger partial charge is 0.385 e. The van der Waals surface area contributed by atoms with Gasteiger partial charge in [-0.05, 0) is 6.08 Å². The van der Waals surface area contributed by atoms with Crippen LogP contribution >= 0.6 is 0 Å². The third-order valence-corrected chi connectivity index (χ3v) is 1.17. The van der Waals surface area contributed by atoms with Crippen molar-refractivity contribution in [2.45, 2.75) is 0 Å². The van der Waals surface area contributed by atoms with Gasteiger partial charge in [0.2, 0.25) is 6.41 Å². The third kappa shape index (κ3) is 3.50. The number of nitrogens with one attached hydrogen (secondary N) is 3. The van der Waals surface area contributed by atoms with E-state index < -0.39 is 0 Å². The van der Waals surface area contributed by atoms with Gasteiger partial charge in [-0.1, -0.05) is 0 Å². The summed E-state index contributed by atoms with van der Waals surface area (Å²) in [5, 5.41) is 11.6. The number of Topliss-reactive ketones (excluding diaryl/α,β-unsaturated/α-hetero) is 1. The van der Waals surface area contributed by atoms with Gasteiger partial charge in [-0.2, -0.15) is 0 Å². The number of hydrogen-bond donors (Lipinski definition) is 3. The second kappa shape index (κ2) is 6.09. The van der Waals surface area contributed by atoms with Crippen molar-refractivity contribution in [1.82, 2.24) is 10.6 Å². The van der Waals surface area contributed by atoms with E-state index in [9.17, 15) is 9.59 Å². The van der Waals surface area contributed by atoms with Crippen LogP contribution in [-0.2, 0) is 9.59 Å². The topological polar surface area (TPSA) is 82.1 Å². The van der Waals surface area contributed by atoms with Gasteiger partial charge in [-0.15, -0.1) is 0 Å². The van der Waals surface area contributed by atoms with E-state index in [0.717, 1.165) is 6.21 Å². The monoisotopic (exact) mass is 169 g/mol. The van der Waals surface area contributed by atoms with Crippen LogP contribution in [0, 0.1) is 5.41 Å². The number of carbonyl (C=O) groups excluding carboxylic acids is 2. The van der Waals surface area contributed by atoms with Gasteiger partial charge in [0.15, 0.2) is 5.78 Å². The zero-order valence-corrected chi connectivity index (χ0v) is 6.76. The molecule has 0 spiro atoms. The lowest BCUT2D eigenvalue weighted by Crippen LogP contribution is -2.27. The number of hydrogen-bond acceptors (Lipinski definition) is 4. The second-order valence-electron chi connectivity index (χ2n) is 1.92. The molecule has 0 aliphatic rings. The second-order valence-corrected chi connectivity index (χ2v) is 1.92. The lowest BCUT2D eigenvalue weighted by atomic mass is 10.2. The molecule has 66 valence electrons. The summed E-state index contributed by atoms with van der Waals surface area (Å²) in [6, 6.07) is 0. The summed E-state index contributed by atoms with van der Waals surface area (Å²) in [6.45, 7) is -0.0516. The van der Waals surface area contributed by atoms with Gasteiger partial charge in [0, 0.05) is 13.3 Å². The predicted octanol–water partition coefficient (Wildman–Crippen LogP) is -0.946. The summed E-state index contributed by atoms with van der Waals surface area (Å²) in [6.07, 6.45) is 2.79. The van der Waals surface area contributed by atoms with E-state index in [0.29, 0.717) is 12.1 Å². The van der Waals surface area contributed by atoms with Crippen LogP contribution in [0.25, 0.3) is 0 Å². The SMILES string of the molecule is CN/C(=C\C=N)C(=O)CNC=O. The van der Waals surface area contributed by atoms with E-state index in [-0.39, 0.29) is 12.3 Å². The first-order valence-corrected chi connectivity index (χ1v) is 3.35. The molecule has 0 heterocycles. The molecule has 0 aromatic carbocycles. The van der Waals surface area contributed by atoms with Crippen molar-refractivity contribution in [2.75, 3.05) is 13.6 Å². The molecule has 3 N–H and O–H groups in total. The van der Waals surface area contributed by atoms with Crippen LogP contribution in [-0.4, -0.2) is 32.0 Å². The molecule has 0 aromatic heterocycles. The molecular formula is C7H11N3O2. The summed E-state index contributed by atoms with van der Waals surface area (Å²) in [4.78, 5) is 20.9. The zero-order valence-electron chi connectivity index (χ0n) is 6.76. The Labute approximate surface area is 70.3 Å². The standard InChI is InChI=1S/C7H11N3O2/c1-9-6(2-3-8)7(12)4-10-5-11/h2-3,5,8-9H,4H2,1H3,(H,10,11)/b6-2-,8-3?. The molecule has 0 aromatic rings. The minimum absolute atomic E-state index is 0.0516. The number of carbonyl (C=O) groups is 2. The Balaban J connectivity index is 4.12. The third-order valence-electron chi connectivity index (χ3n) is 1.17. The minimum atomic E-state index is -0.256. The van der Waals surface area contributed by atoms with Gasteiger partial charge in [-0.25, -0.2) is 0 Å². The molecular weight excluding hydrogens is 158 g/mol. The van der Waals surface area contributed by atoms with Crippen molar-refractivity contribution in [2.24, 2.45) is 0 Å². The summed E-state index contributed by atoms with van der Waals surface area (Å²) in [7, 11) is 1.58. The Morgan fingerprint density at radius 2 is 2.25 bits per heavy atom. The van der Waals surface area contributed by atoms with Crippen LogP contribution in [0.4, 0.5) is 0 Å². The van der Waals surface area contributed by atoms with E-state index in [2.05, 4.69) is 10.6 Å². The quantitative estimate of drug-likeness (QED) is 0.272. The molecule has 0 unspecified atom stereocenters. The van der Waals surface area contributed by atoms with Crippen molar-refractivity contribution in [3.63, 3.8) is 0 Å². The number of likely N-dealkylation sites (N-methyl/N-ethyl adjacent to an activating group) is 1. The average Bonchev–Trinajstić information content (AvgIpc) is 2.10. The highest BCUT2D eigenvalue weighted by Crippen LogP contribution is 1.87. The van der Waals surface area contributed by atoms with Crippen molar-refractivity contribution in [1.29, 1.82) is 5.41 Å². The lowest BCUT2D eigenvalue weighted by molar-refractivity contribution is -0.117. The molecule has 0 saturated heterocycles. The van der Waals surface area contributed by atoms with Gasteiger partial charge in [0.1, 0.15) is 0 Å². The lowest BCUT2D eigenvalue weighted by Gasteiger charge is -2.02. The van der Waals surface area contributed by atoms with E-state index in [1.165, 1.54) is 6.08 Å². The first-order chi connectivity index (χ1) is 5.76. The van der Waals surface area contributed by atoms with E-state index in [1.54, 1.807) is 7.05 Å². The Bertz CT molecular complexity index is 211. The molecule has 5 nitrogen and oxygen atoms in total. The molecule has 0 atom stereocenters. The average molecular weight is 169 g/mol. The maximum Gasteiger partial charge on any atom is 0.207 e. The van der Waals surface area contributed by atoms with Gasteiger partial charge >= 0.3 is 0 Å². The number of allylic oxidation sites excluding steroid dienone is 1. The fourth-order valence-corrected chi connectivity index (χ4v) is 0.629. The molecule has 12 heavy (non-hydrogen) atoms. The van der Waals surface area contributed by atoms with Crippen LogP contribution < -0.4 is 10.6 Å². The van der Waals surface area contributed by atoms with Crippen molar-refractivity contribution >= 4 is 18.4 Å². The van der Waals surface area contributed by atoms with Gasteiger partial charge in [-0.3, -0.25) is 9.59 Å². The highest BCUT2D eigenvalue weighted by atomic mass is 16.1. The van der Waals surface area contributed by atoms with Crippen LogP contribution in [0.2, 0.25) is 0 Å². The molecule has 0 aliphatic heterocycles. The molecule has 1 amide bonds. The summed E-state index contributed by atoms with van der Waals surface area (Å²) in [5.74, 6) is -0.256. The normalized spacial score (nSPS) is 10.2. The minimum Gasteiger partial charge on any atom is -0.385 e. The first-order valence-electron chi connectivity index (χ1n) is 3.35. The predicted molar refractivity (Wildman–Crippen MR) is 45.0 cm³/mol. The van der Waals surface area contributed by atoms with E-state index in [4.69, 9.17) is 5.41 Å². The molecule has 0 rings (SSSR count). The Morgan fingerprint density at radius 3 is 2.67 bits per heavy atom. The van der Waals surface area contributed by atoms with Crippen molar-refractivity contribution in [3.8, 4) is 0 Å². The van der Waals surface area contributed by atoms with Gasteiger partial charge < -0.3 is 16.0 Å². The Kier molecular flexibility index (Phi) is 5.25. The number of ketones is 1. The summed E-state index contributed by atoms with van der Waals surface area (Å²) < 4.78 is 0. The van der Waals surface area contributed by atoms with E-state index in [1.807, 2.05) is 0 Å². The molecule has 0 bridgehead atoms. The van der Waals surface area contributed by atoms with Crippen LogP contribution in [0.1, 0.15) is 0 Å². The zero-order chi connectivity index (χ0) is 9.40. The van der Waals surface area contributed by atoms with Crippen LogP contribution in [0.3, 0.4) is 0 Å².